The van der Waals surface area contributed by atoms with E-state index in [4.69, 9.17) is 0 Å². The summed E-state index contributed by atoms with van der Waals surface area (Å²) in [6, 6.07) is 0. The summed E-state index contributed by atoms with van der Waals surface area (Å²) in [5.74, 6) is 1.38. The van der Waals surface area contributed by atoms with E-state index in [-0.39, 0.29) is 0 Å². The van der Waals surface area contributed by atoms with Gasteiger partial charge in [0.15, 0.2) is 0 Å². The first-order valence-corrected chi connectivity index (χ1v) is 5.75. The molecule has 0 atom stereocenters. The average Bonchev–Trinajstić information content (AvgIpc) is 1.82. The Morgan fingerprint density at radius 2 is 1.91 bits per heavy atom. The first-order chi connectivity index (χ1) is 5.41. The van der Waals surface area contributed by atoms with Crippen LogP contribution in [0.15, 0.2) is 0 Å². The molecule has 1 saturated carbocycles. The number of hydrogen-bond donors (Lipinski definition) is 1. The van der Waals surface area contributed by atoms with Crippen LogP contribution in [0.1, 0.15) is 32.1 Å². The summed E-state index contributed by atoms with van der Waals surface area (Å²) in [5.41, 5.74) is 0. The highest BCUT2D eigenvalue weighted by atomic mass is 32.2. The molecule has 0 aromatic heterocycles. The van der Waals surface area contributed by atoms with Gasteiger partial charge in [-0.25, -0.2) is 0 Å². The molecule has 0 aromatic carbocycles. The molecule has 0 radical (unpaired) electrons. The Bertz CT molecular complexity index is 122. The summed E-state index contributed by atoms with van der Waals surface area (Å²) in [5, 5.41) is 3.50. The van der Waals surface area contributed by atoms with Crippen LogP contribution >= 0.6 is 11.8 Å². The maximum absolute atomic E-state index is 3.50. The van der Waals surface area contributed by atoms with Crippen molar-refractivity contribution in [2.75, 3.05) is 18.8 Å². The van der Waals surface area contributed by atoms with E-state index in [1.165, 1.54) is 50.9 Å². The van der Waals surface area contributed by atoms with Gasteiger partial charge in [-0.15, -0.1) is 0 Å². The van der Waals surface area contributed by atoms with Gasteiger partial charge in [0.05, 0.1) is 0 Å². The molecule has 2 rings (SSSR count). The van der Waals surface area contributed by atoms with Crippen molar-refractivity contribution in [1.29, 1.82) is 0 Å². The number of thioether (sulfide) groups is 1. The Labute approximate surface area is 73.3 Å². The van der Waals surface area contributed by atoms with Crippen molar-refractivity contribution in [2.24, 2.45) is 0 Å². The fourth-order valence-electron chi connectivity index (χ4n) is 1.96. The van der Waals surface area contributed by atoms with E-state index in [9.17, 15) is 0 Å². The molecule has 0 unspecified atom stereocenters. The molecule has 1 heterocycles. The van der Waals surface area contributed by atoms with Crippen molar-refractivity contribution in [1.82, 2.24) is 5.32 Å². The smallest absolute Gasteiger partial charge is 0.0172 e. The molecule has 1 saturated heterocycles. The topological polar surface area (TPSA) is 12.0 Å². The van der Waals surface area contributed by atoms with Crippen LogP contribution in [0.3, 0.4) is 0 Å². The number of nitrogens with one attached hydrogen (secondary N) is 1. The van der Waals surface area contributed by atoms with Crippen LogP contribution < -0.4 is 5.32 Å². The monoisotopic (exact) mass is 171 g/mol. The van der Waals surface area contributed by atoms with Gasteiger partial charge in [-0.05, 0) is 44.5 Å². The highest BCUT2D eigenvalue weighted by molar-refractivity contribution is 8.00. The summed E-state index contributed by atoms with van der Waals surface area (Å²) in [6.45, 7) is 2.50. The molecular weight excluding hydrogens is 154 g/mol. The highest BCUT2D eigenvalue weighted by Crippen LogP contribution is 2.47. The largest absolute Gasteiger partial charge is 0.317 e. The van der Waals surface area contributed by atoms with E-state index in [1.54, 1.807) is 0 Å². The zero-order valence-corrected chi connectivity index (χ0v) is 7.88. The lowest BCUT2D eigenvalue weighted by Gasteiger charge is -2.42. The van der Waals surface area contributed by atoms with E-state index in [0.717, 1.165) is 4.75 Å². The molecular formula is C9H17NS. The first kappa shape index (κ1) is 7.93. The van der Waals surface area contributed by atoms with Crippen LogP contribution in [0.2, 0.25) is 0 Å². The van der Waals surface area contributed by atoms with Crippen LogP contribution in [0.5, 0.6) is 0 Å². The Hall–Kier alpha value is 0.310. The Kier molecular flexibility index (Phi) is 2.42. The fraction of sp³-hybridized carbons (Fsp3) is 1.00. The van der Waals surface area contributed by atoms with Crippen molar-refractivity contribution < 1.29 is 0 Å². The van der Waals surface area contributed by atoms with Crippen molar-refractivity contribution in [3.63, 3.8) is 0 Å². The molecule has 2 heteroatoms. The molecule has 2 fully saturated rings. The normalized spacial score (nSPS) is 30.5. The molecule has 1 aliphatic heterocycles. The third kappa shape index (κ3) is 1.73. The van der Waals surface area contributed by atoms with Crippen LogP contribution in [-0.2, 0) is 0 Å². The quantitative estimate of drug-likeness (QED) is 0.598. The molecule has 1 aliphatic carbocycles. The van der Waals surface area contributed by atoms with Gasteiger partial charge >= 0.3 is 0 Å². The average molecular weight is 171 g/mol. The predicted molar refractivity (Wildman–Crippen MR) is 51.1 cm³/mol. The molecule has 0 bridgehead atoms. The third-order valence-corrected chi connectivity index (χ3v) is 4.65. The summed E-state index contributed by atoms with van der Waals surface area (Å²) >= 11 is 2.25. The molecule has 2 aliphatic rings. The summed E-state index contributed by atoms with van der Waals surface area (Å²) < 4.78 is 0.730. The Balaban J connectivity index is 1.86. The van der Waals surface area contributed by atoms with Gasteiger partial charge in [0.1, 0.15) is 0 Å². The second-order valence-corrected chi connectivity index (χ2v) is 5.30. The Morgan fingerprint density at radius 1 is 1.00 bits per heavy atom. The number of hydrogen-bond acceptors (Lipinski definition) is 2. The van der Waals surface area contributed by atoms with Crippen molar-refractivity contribution in [2.45, 2.75) is 36.9 Å². The van der Waals surface area contributed by atoms with Crippen LogP contribution in [0, 0.1) is 0 Å². The van der Waals surface area contributed by atoms with Gasteiger partial charge in [0, 0.05) is 4.75 Å². The molecule has 1 N–H and O–H groups in total. The maximum atomic E-state index is 3.50. The minimum atomic E-state index is 0.730. The highest BCUT2D eigenvalue weighted by Gasteiger charge is 2.36. The van der Waals surface area contributed by atoms with Crippen molar-refractivity contribution in [3.05, 3.63) is 0 Å². The van der Waals surface area contributed by atoms with Crippen LogP contribution in [-0.4, -0.2) is 23.6 Å². The minimum Gasteiger partial charge on any atom is -0.317 e. The van der Waals surface area contributed by atoms with E-state index in [0.29, 0.717) is 0 Å². The lowest BCUT2D eigenvalue weighted by atomic mass is 9.81. The third-order valence-electron chi connectivity index (χ3n) is 2.93. The molecule has 1 spiro atoms. The lowest BCUT2D eigenvalue weighted by Crippen LogP contribution is -2.39. The van der Waals surface area contributed by atoms with Gasteiger partial charge in [-0.1, -0.05) is 6.42 Å². The van der Waals surface area contributed by atoms with Crippen molar-refractivity contribution in [3.8, 4) is 0 Å². The van der Waals surface area contributed by atoms with Gasteiger partial charge in [0.2, 0.25) is 0 Å². The van der Waals surface area contributed by atoms with E-state index >= 15 is 0 Å². The molecule has 0 amide bonds. The van der Waals surface area contributed by atoms with Crippen LogP contribution in [0.25, 0.3) is 0 Å². The van der Waals surface area contributed by atoms with Gasteiger partial charge in [-0.3, -0.25) is 0 Å². The number of rotatable bonds is 0. The van der Waals surface area contributed by atoms with E-state index in [1.807, 2.05) is 0 Å². The standard InChI is InChI=1S/C9H17NS/c1-3-9(4-1)5-7-10-6-2-8-11-9/h10H,1-8H2. The molecule has 0 aromatic rings. The lowest BCUT2D eigenvalue weighted by molar-refractivity contribution is 0.333. The van der Waals surface area contributed by atoms with Crippen LogP contribution in [0.4, 0.5) is 0 Å². The molecule has 1 nitrogen and oxygen atoms in total. The predicted octanol–water partition coefficient (Wildman–Crippen LogP) is 2.03. The first-order valence-electron chi connectivity index (χ1n) is 4.76. The summed E-state index contributed by atoms with van der Waals surface area (Å²) in [7, 11) is 0. The zero-order chi connectivity index (χ0) is 7.57. The maximum Gasteiger partial charge on any atom is 0.0172 e. The SMILES string of the molecule is C1CNCCC2(CCC2)SC1. The van der Waals surface area contributed by atoms with Gasteiger partial charge in [0.25, 0.3) is 0 Å². The van der Waals surface area contributed by atoms with E-state index in [2.05, 4.69) is 17.1 Å². The second kappa shape index (κ2) is 3.36. The summed E-state index contributed by atoms with van der Waals surface area (Å²) in [6.07, 6.45) is 7.23. The molecule has 11 heavy (non-hydrogen) atoms. The second-order valence-electron chi connectivity index (χ2n) is 3.74. The summed E-state index contributed by atoms with van der Waals surface area (Å²) in [4.78, 5) is 0. The fourth-order valence-corrected chi connectivity index (χ4v) is 3.51. The zero-order valence-electron chi connectivity index (χ0n) is 7.07. The van der Waals surface area contributed by atoms with Gasteiger partial charge < -0.3 is 5.32 Å². The molecule has 64 valence electrons. The van der Waals surface area contributed by atoms with E-state index < -0.39 is 0 Å². The van der Waals surface area contributed by atoms with Gasteiger partial charge in [-0.2, -0.15) is 11.8 Å². The Morgan fingerprint density at radius 3 is 2.64 bits per heavy atom. The van der Waals surface area contributed by atoms with Crippen molar-refractivity contribution >= 4 is 11.8 Å². The minimum absolute atomic E-state index is 0.730.